The average molecular weight is 489 g/mol. The minimum absolute atomic E-state index is 0.0422. The Bertz CT molecular complexity index is 1100. The number of nitrogens with one attached hydrogen (secondary N) is 1. The Hall–Kier alpha value is -3.05. The van der Waals surface area contributed by atoms with Crippen LogP contribution in [0, 0.1) is 19.8 Å². The Morgan fingerprint density at radius 1 is 0.886 bits per heavy atom. The zero-order valence-electron chi connectivity index (χ0n) is 21.2. The number of amides is 2. The van der Waals surface area contributed by atoms with Crippen molar-refractivity contribution in [2.45, 2.75) is 51.6 Å². The smallest absolute Gasteiger partial charge is 0.243 e. The molecule has 0 radical (unpaired) electrons. The van der Waals surface area contributed by atoms with Gasteiger partial charge in [-0.15, -0.1) is 11.8 Å². The molecule has 0 aliphatic carbocycles. The first-order chi connectivity index (χ1) is 16.8. The molecule has 0 fully saturated rings. The van der Waals surface area contributed by atoms with Crippen LogP contribution in [0.2, 0.25) is 0 Å². The molecule has 3 aromatic rings. The van der Waals surface area contributed by atoms with Crippen LogP contribution in [-0.4, -0.2) is 35.1 Å². The summed E-state index contributed by atoms with van der Waals surface area (Å²) < 4.78 is 0. The Morgan fingerprint density at radius 3 is 2.20 bits per heavy atom. The molecular formula is C30H36N2O2S. The summed E-state index contributed by atoms with van der Waals surface area (Å²) in [7, 11) is 0. The molecule has 4 nitrogen and oxygen atoms in total. The van der Waals surface area contributed by atoms with Crippen molar-refractivity contribution in [2.24, 2.45) is 5.92 Å². The van der Waals surface area contributed by atoms with Crippen molar-refractivity contribution in [3.05, 3.63) is 101 Å². The molecule has 3 aromatic carbocycles. The van der Waals surface area contributed by atoms with Crippen LogP contribution in [0.1, 0.15) is 36.1 Å². The maximum absolute atomic E-state index is 13.7. The lowest BCUT2D eigenvalue weighted by Crippen LogP contribution is -2.51. The average Bonchev–Trinajstić information content (AvgIpc) is 2.85. The summed E-state index contributed by atoms with van der Waals surface area (Å²) in [5.41, 5.74) is 4.38. The summed E-state index contributed by atoms with van der Waals surface area (Å²) in [4.78, 5) is 30.0. The van der Waals surface area contributed by atoms with Gasteiger partial charge in [-0.3, -0.25) is 9.59 Å². The second-order valence-corrected chi connectivity index (χ2v) is 10.4. The maximum atomic E-state index is 13.7. The number of aryl methyl sites for hydroxylation is 2. The van der Waals surface area contributed by atoms with Crippen LogP contribution in [-0.2, 0) is 22.6 Å². The number of thioether (sulfide) groups is 1. The molecule has 1 unspecified atom stereocenters. The molecule has 0 spiro atoms. The molecule has 3 rings (SSSR count). The minimum atomic E-state index is -0.595. The van der Waals surface area contributed by atoms with Crippen LogP contribution in [0.3, 0.4) is 0 Å². The predicted octanol–water partition coefficient (Wildman–Crippen LogP) is 5.81. The fourth-order valence-corrected chi connectivity index (χ4v) is 4.59. The van der Waals surface area contributed by atoms with E-state index in [9.17, 15) is 9.59 Å². The van der Waals surface area contributed by atoms with E-state index in [1.54, 1.807) is 4.90 Å². The molecule has 0 bridgehead atoms. The number of hydrogen-bond donors (Lipinski definition) is 1. The van der Waals surface area contributed by atoms with Gasteiger partial charge in [0, 0.05) is 24.4 Å². The first-order valence-corrected chi connectivity index (χ1v) is 13.2. The highest BCUT2D eigenvalue weighted by Gasteiger charge is 2.30. The van der Waals surface area contributed by atoms with Gasteiger partial charge in [0.25, 0.3) is 0 Å². The van der Waals surface area contributed by atoms with Crippen LogP contribution in [0.15, 0.2) is 83.8 Å². The molecule has 5 heteroatoms. The highest BCUT2D eigenvalue weighted by molar-refractivity contribution is 8.00. The molecule has 0 heterocycles. The van der Waals surface area contributed by atoms with E-state index < -0.39 is 6.04 Å². The number of carbonyl (C=O) groups is 2. The number of hydrogen-bond acceptors (Lipinski definition) is 3. The van der Waals surface area contributed by atoms with Crippen LogP contribution in [0.5, 0.6) is 0 Å². The van der Waals surface area contributed by atoms with Gasteiger partial charge in [-0.1, -0.05) is 86.1 Å². The van der Waals surface area contributed by atoms with Crippen molar-refractivity contribution in [2.75, 3.05) is 12.3 Å². The van der Waals surface area contributed by atoms with Gasteiger partial charge < -0.3 is 10.2 Å². The van der Waals surface area contributed by atoms with Gasteiger partial charge >= 0.3 is 0 Å². The van der Waals surface area contributed by atoms with E-state index in [2.05, 4.69) is 31.3 Å². The van der Waals surface area contributed by atoms with Crippen molar-refractivity contribution in [3.63, 3.8) is 0 Å². The molecule has 0 saturated carbocycles. The molecule has 2 amide bonds. The van der Waals surface area contributed by atoms with Crippen molar-refractivity contribution in [1.29, 1.82) is 0 Å². The second kappa shape index (κ2) is 13.1. The SMILES string of the molecule is Cc1ccc(SCC(=O)N(Cc2ccccc2C)C(Cc2ccccc2)C(=O)NCC(C)C)cc1. The first-order valence-electron chi connectivity index (χ1n) is 12.2. The molecule has 0 aromatic heterocycles. The van der Waals surface area contributed by atoms with Gasteiger partial charge in [0.2, 0.25) is 11.8 Å². The topological polar surface area (TPSA) is 49.4 Å². The van der Waals surface area contributed by atoms with Crippen molar-refractivity contribution >= 4 is 23.6 Å². The minimum Gasteiger partial charge on any atom is -0.354 e. The number of benzene rings is 3. The van der Waals surface area contributed by atoms with Crippen molar-refractivity contribution in [3.8, 4) is 0 Å². The van der Waals surface area contributed by atoms with Crippen LogP contribution in [0.25, 0.3) is 0 Å². The lowest BCUT2D eigenvalue weighted by Gasteiger charge is -2.32. The van der Waals surface area contributed by atoms with Crippen LogP contribution in [0.4, 0.5) is 0 Å². The predicted molar refractivity (Wildman–Crippen MR) is 145 cm³/mol. The zero-order valence-corrected chi connectivity index (χ0v) is 22.0. The van der Waals surface area contributed by atoms with E-state index >= 15 is 0 Å². The normalized spacial score (nSPS) is 11.8. The van der Waals surface area contributed by atoms with E-state index in [1.807, 2.05) is 80.6 Å². The highest BCUT2D eigenvalue weighted by atomic mass is 32.2. The Labute approximate surface area is 214 Å². The fourth-order valence-electron chi connectivity index (χ4n) is 3.81. The third kappa shape index (κ3) is 8.29. The zero-order chi connectivity index (χ0) is 25.2. The second-order valence-electron chi connectivity index (χ2n) is 9.39. The number of rotatable bonds is 11. The van der Waals surface area contributed by atoms with Gasteiger partial charge in [0.05, 0.1) is 5.75 Å². The third-order valence-electron chi connectivity index (χ3n) is 5.94. The summed E-state index contributed by atoms with van der Waals surface area (Å²) in [6.07, 6.45) is 0.470. The van der Waals surface area contributed by atoms with Crippen molar-refractivity contribution in [1.82, 2.24) is 10.2 Å². The van der Waals surface area contributed by atoms with Gasteiger partial charge in [-0.2, -0.15) is 0 Å². The molecule has 0 aliphatic heterocycles. The lowest BCUT2D eigenvalue weighted by molar-refractivity contribution is -0.139. The molecule has 184 valence electrons. The molecule has 1 atom stereocenters. The Morgan fingerprint density at radius 2 is 1.54 bits per heavy atom. The summed E-state index contributed by atoms with van der Waals surface area (Å²) in [6.45, 7) is 9.21. The number of nitrogens with zero attached hydrogens (tertiary/aromatic N) is 1. The van der Waals surface area contributed by atoms with E-state index in [0.717, 1.165) is 21.6 Å². The van der Waals surface area contributed by atoms with Crippen LogP contribution >= 0.6 is 11.8 Å². The summed E-state index contributed by atoms with van der Waals surface area (Å²) in [5.74, 6) is 0.454. The fraction of sp³-hybridized carbons (Fsp3) is 0.333. The van der Waals surface area contributed by atoms with E-state index in [-0.39, 0.29) is 17.6 Å². The van der Waals surface area contributed by atoms with Gasteiger partial charge in [0.1, 0.15) is 6.04 Å². The summed E-state index contributed by atoms with van der Waals surface area (Å²) in [5, 5.41) is 3.08. The first kappa shape index (κ1) is 26.6. The number of carbonyl (C=O) groups excluding carboxylic acids is 2. The molecular weight excluding hydrogens is 452 g/mol. The standard InChI is InChI=1S/C30H36N2O2S/c1-22(2)19-31-30(34)28(18-25-11-6-5-7-12-25)32(20-26-13-9-8-10-24(26)4)29(33)21-35-27-16-14-23(3)15-17-27/h5-17,22,28H,18-21H2,1-4H3,(H,31,34). The quantitative estimate of drug-likeness (QED) is 0.347. The molecule has 35 heavy (non-hydrogen) atoms. The molecule has 1 N–H and O–H groups in total. The Kier molecular flexibility index (Phi) is 9.98. The van der Waals surface area contributed by atoms with Gasteiger partial charge in [-0.25, -0.2) is 0 Å². The molecule has 0 aliphatic rings. The summed E-state index contributed by atoms with van der Waals surface area (Å²) >= 11 is 1.51. The van der Waals surface area contributed by atoms with E-state index in [0.29, 0.717) is 25.4 Å². The highest BCUT2D eigenvalue weighted by Crippen LogP contribution is 2.22. The lowest BCUT2D eigenvalue weighted by atomic mass is 10.0. The van der Waals surface area contributed by atoms with Crippen molar-refractivity contribution < 1.29 is 9.59 Å². The third-order valence-corrected chi connectivity index (χ3v) is 6.94. The van der Waals surface area contributed by atoms with Crippen LogP contribution < -0.4 is 5.32 Å². The van der Waals surface area contributed by atoms with E-state index in [4.69, 9.17) is 0 Å². The summed E-state index contributed by atoms with van der Waals surface area (Å²) in [6, 6.07) is 25.6. The Balaban J connectivity index is 1.90. The monoisotopic (exact) mass is 488 g/mol. The molecule has 0 saturated heterocycles. The maximum Gasteiger partial charge on any atom is 0.243 e. The van der Waals surface area contributed by atoms with Gasteiger partial charge in [0.15, 0.2) is 0 Å². The van der Waals surface area contributed by atoms with Gasteiger partial charge in [-0.05, 0) is 48.6 Å². The van der Waals surface area contributed by atoms with E-state index in [1.165, 1.54) is 17.3 Å². The largest absolute Gasteiger partial charge is 0.354 e.